The molecule has 0 atom stereocenters. The number of halogens is 2. The fraction of sp³-hybridized carbons (Fsp3) is 0.467. The molecule has 6 heteroatoms. The maximum Gasteiger partial charge on any atom is 0.225 e. The molecule has 4 nitrogen and oxygen atoms in total. The van der Waals surface area contributed by atoms with Crippen LogP contribution in [0.1, 0.15) is 38.5 Å². The summed E-state index contributed by atoms with van der Waals surface area (Å²) in [5.41, 5.74) is -0.867. The number of rotatable bonds is 5. The van der Waals surface area contributed by atoms with Gasteiger partial charge < -0.3 is 15.2 Å². The summed E-state index contributed by atoms with van der Waals surface area (Å²) >= 11 is 0. The minimum atomic E-state index is -1.19. The second-order valence-corrected chi connectivity index (χ2v) is 5.61. The fourth-order valence-electron chi connectivity index (χ4n) is 2.98. The van der Waals surface area contributed by atoms with E-state index >= 15 is 0 Å². The standard InChI is InChI=1S/C15H17F2NO3/c16-10-3-4-11(17)12(7-10)18-13(19)8-15(9-14(20)21)5-1-2-6-15/h3-4,7H,1-2,5-6,8-9H2,(H,18,19)(H,20,21)/p-1. The number of carbonyl (C=O) groups is 2. The first-order valence-corrected chi connectivity index (χ1v) is 6.85. The number of amides is 1. The largest absolute Gasteiger partial charge is 0.550 e. The normalized spacial score (nSPS) is 16.7. The van der Waals surface area contributed by atoms with Crippen LogP contribution in [0, 0.1) is 17.0 Å². The van der Waals surface area contributed by atoms with Gasteiger partial charge in [0.25, 0.3) is 0 Å². The Morgan fingerprint density at radius 1 is 1.19 bits per heavy atom. The Balaban J connectivity index is 2.06. The van der Waals surface area contributed by atoms with Crippen LogP contribution in [0.2, 0.25) is 0 Å². The molecule has 1 amide bonds. The number of carboxylic acid groups (broad SMARTS) is 1. The molecule has 21 heavy (non-hydrogen) atoms. The smallest absolute Gasteiger partial charge is 0.225 e. The average Bonchev–Trinajstić information content (AvgIpc) is 2.80. The molecule has 1 aromatic rings. The summed E-state index contributed by atoms with van der Waals surface area (Å²) in [6.07, 6.45) is 2.74. The zero-order chi connectivity index (χ0) is 15.5. The van der Waals surface area contributed by atoms with Crippen LogP contribution in [-0.4, -0.2) is 11.9 Å². The molecule has 1 fully saturated rings. The molecular formula is C15H16F2NO3-. The van der Waals surface area contributed by atoms with Gasteiger partial charge in [0.05, 0.1) is 5.69 Å². The molecule has 1 aromatic carbocycles. The lowest BCUT2D eigenvalue weighted by molar-refractivity contribution is -0.308. The summed E-state index contributed by atoms with van der Waals surface area (Å²) in [5.74, 6) is -3.09. The predicted molar refractivity (Wildman–Crippen MR) is 70.1 cm³/mol. The van der Waals surface area contributed by atoms with Crippen LogP contribution >= 0.6 is 0 Å². The zero-order valence-electron chi connectivity index (χ0n) is 11.5. The maximum absolute atomic E-state index is 13.5. The van der Waals surface area contributed by atoms with E-state index in [1.54, 1.807) is 0 Å². The molecule has 1 aliphatic rings. The third-order valence-electron chi connectivity index (χ3n) is 3.92. The number of aliphatic carboxylic acids is 1. The van der Waals surface area contributed by atoms with E-state index in [9.17, 15) is 23.5 Å². The van der Waals surface area contributed by atoms with Crippen molar-refractivity contribution in [3.8, 4) is 0 Å². The number of anilines is 1. The van der Waals surface area contributed by atoms with E-state index in [-0.39, 0.29) is 18.5 Å². The summed E-state index contributed by atoms with van der Waals surface area (Å²) < 4.78 is 26.5. The van der Waals surface area contributed by atoms with Gasteiger partial charge in [0.2, 0.25) is 5.91 Å². The number of carbonyl (C=O) groups excluding carboxylic acids is 2. The monoisotopic (exact) mass is 296 g/mol. The third kappa shape index (κ3) is 4.00. The molecule has 2 rings (SSSR count). The lowest BCUT2D eigenvalue weighted by atomic mass is 9.79. The lowest BCUT2D eigenvalue weighted by Gasteiger charge is -2.28. The highest BCUT2D eigenvalue weighted by Crippen LogP contribution is 2.44. The first-order chi connectivity index (χ1) is 9.90. The summed E-state index contributed by atoms with van der Waals surface area (Å²) in [7, 11) is 0. The van der Waals surface area contributed by atoms with Gasteiger partial charge in [0.1, 0.15) is 11.6 Å². The Morgan fingerprint density at radius 3 is 2.48 bits per heavy atom. The molecule has 0 aliphatic heterocycles. The van der Waals surface area contributed by atoms with E-state index in [0.717, 1.165) is 31.0 Å². The quantitative estimate of drug-likeness (QED) is 0.903. The van der Waals surface area contributed by atoms with E-state index in [0.29, 0.717) is 12.8 Å². The zero-order valence-corrected chi connectivity index (χ0v) is 11.5. The maximum atomic E-state index is 13.5. The number of nitrogens with one attached hydrogen (secondary N) is 1. The Hall–Kier alpha value is -1.98. The van der Waals surface area contributed by atoms with Crippen molar-refractivity contribution in [2.45, 2.75) is 38.5 Å². The molecule has 0 unspecified atom stereocenters. The van der Waals surface area contributed by atoms with Crippen molar-refractivity contribution in [3.05, 3.63) is 29.8 Å². The molecule has 1 aliphatic carbocycles. The molecule has 1 N–H and O–H groups in total. The Bertz CT molecular complexity index is 554. The van der Waals surface area contributed by atoms with Gasteiger partial charge in [0.15, 0.2) is 0 Å². The van der Waals surface area contributed by atoms with Crippen molar-refractivity contribution in [2.75, 3.05) is 5.32 Å². The number of hydrogen-bond acceptors (Lipinski definition) is 3. The molecule has 0 heterocycles. The molecule has 1 saturated carbocycles. The minimum Gasteiger partial charge on any atom is -0.550 e. The molecule has 114 valence electrons. The lowest BCUT2D eigenvalue weighted by Crippen LogP contribution is -2.33. The van der Waals surface area contributed by atoms with Crippen LogP contribution in [-0.2, 0) is 9.59 Å². The fourth-order valence-corrected chi connectivity index (χ4v) is 2.98. The Labute approximate surface area is 121 Å². The van der Waals surface area contributed by atoms with E-state index < -0.39 is 28.9 Å². The third-order valence-corrected chi connectivity index (χ3v) is 3.92. The highest BCUT2D eigenvalue weighted by atomic mass is 19.1. The van der Waals surface area contributed by atoms with Crippen LogP contribution in [0.3, 0.4) is 0 Å². The van der Waals surface area contributed by atoms with Crippen molar-refractivity contribution in [1.29, 1.82) is 0 Å². The SMILES string of the molecule is O=C([O-])CC1(CC(=O)Nc2cc(F)ccc2F)CCCC1. The van der Waals surface area contributed by atoms with Crippen LogP contribution in [0.4, 0.5) is 14.5 Å². The molecular weight excluding hydrogens is 280 g/mol. The van der Waals surface area contributed by atoms with Crippen molar-refractivity contribution in [3.63, 3.8) is 0 Å². The highest BCUT2D eigenvalue weighted by molar-refractivity contribution is 5.91. The first kappa shape index (κ1) is 15.4. The van der Waals surface area contributed by atoms with Crippen LogP contribution in [0.25, 0.3) is 0 Å². The molecule has 0 aromatic heterocycles. The van der Waals surface area contributed by atoms with Crippen molar-refractivity contribution in [2.24, 2.45) is 5.41 Å². The highest BCUT2D eigenvalue weighted by Gasteiger charge is 2.36. The Kier molecular flexibility index (Phi) is 4.55. The number of hydrogen-bond donors (Lipinski definition) is 1. The van der Waals surface area contributed by atoms with Crippen molar-refractivity contribution >= 4 is 17.6 Å². The summed E-state index contributed by atoms with van der Waals surface area (Å²) in [5, 5.41) is 13.2. The number of benzene rings is 1. The average molecular weight is 296 g/mol. The first-order valence-electron chi connectivity index (χ1n) is 6.85. The minimum absolute atomic E-state index is 0.0308. The van der Waals surface area contributed by atoms with Crippen LogP contribution in [0.15, 0.2) is 18.2 Å². The van der Waals surface area contributed by atoms with E-state index in [1.165, 1.54) is 0 Å². The second kappa shape index (κ2) is 6.20. The van der Waals surface area contributed by atoms with E-state index in [4.69, 9.17) is 0 Å². The van der Waals surface area contributed by atoms with Crippen molar-refractivity contribution < 1.29 is 23.5 Å². The predicted octanol–water partition coefficient (Wildman–Crippen LogP) is 1.99. The van der Waals surface area contributed by atoms with Crippen LogP contribution < -0.4 is 10.4 Å². The van der Waals surface area contributed by atoms with E-state index in [1.807, 2.05) is 0 Å². The molecule has 0 radical (unpaired) electrons. The molecule has 0 bridgehead atoms. The van der Waals surface area contributed by atoms with Gasteiger partial charge in [-0.3, -0.25) is 4.79 Å². The van der Waals surface area contributed by atoms with Gasteiger partial charge >= 0.3 is 0 Å². The summed E-state index contributed by atoms with van der Waals surface area (Å²) in [4.78, 5) is 22.9. The van der Waals surface area contributed by atoms with Crippen LogP contribution in [0.5, 0.6) is 0 Å². The molecule has 0 spiro atoms. The van der Waals surface area contributed by atoms with Gasteiger partial charge in [-0.25, -0.2) is 8.78 Å². The second-order valence-electron chi connectivity index (χ2n) is 5.61. The van der Waals surface area contributed by atoms with Gasteiger partial charge in [-0.2, -0.15) is 0 Å². The van der Waals surface area contributed by atoms with Gasteiger partial charge in [-0.1, -0.05) is 12.8 Å². The van der Waals surface area contributed by atoms with E-state index in [2.05, 4.69) is 5.32 Å². The summed E-state index contributed by atoms with van der Waals surface area (Å²) in [6.45, 7) is 0. The number of carboxylic acids is 1. The topological polar surface area (TPSA) is 69.2 Å². The van der Waals surface area contributed by atoms with Crippen molar-refractivity contribution in [1.82, 2.24) is 0 Å². The van der Waals surface area contributed by atoms with Gasteiger partial charge in [-0.05, 0) is 36.8 Å². The van der Waals surface area contributed by atoms with Gasteiger partial charge in [0, 0.05) is 18.5 Å². The van der Waals surface area contributed by atoms with Gasteiger partial charge in [-0.15, -0.1) is 0 Å². The summed E-state index contributed by atoms with van der Waals surface area (Å²) in [6, 6.07) is 2.78. The Morgan fingerprint density at radius 2 is 1.86 bits per heavy atom. The molecule has 0 saturated heterocycles.